The minimum Gasteiger partial charge on any atom is -0.379 e. The highest BCUT2D eigenvalue weighted by Crippen LogP contribution is 2.41. The summed E-state index contributed by atoms with van der Waals surface area (Å²) in [4.78, 5) is 4.57. The van der Waals surface area contributed by atoms with Crippen molar-refractivity contribution < 1.29 is 22.4 Å². The molecule has 29 heavy (non-hydrogen) atoms. The molecule has 1 aliphatic carbocycles. The van der Waals surface area contributed by atoms with Crippen LogP contribution in [0.3, 0.4) is 0 Å². The highest BCUT2D eigenvalue weighted by molar-refractivity contribution is 7.86. The van der Waals surface area contributed by atoms with Crippen molar-refractivity contribution in [3.8, 4) is 0 Å². The summed E-state index contributed by atoms with van der Waals surface area (Å²) in [6.07, 6.45) is 6.55. The Morgan fingerprint density at radius 3 is 2.45 bits per heavy atom. The van der Waals surface area contributed by atoms with Gasteiger partial charge < -0.3 is 14.0 Å². The predicted molar refractivity (Wildman–Crippen MR) is 104 cm³/mol. The molecule has 10 heteroatoms. The van der Waals surface area contributed by atoms with Crippen molar-refractivity contribution in [2.45, 2.75) is 56.5 Å². The van der Waals surface area contributed by atoms with E-state index in [1.54, 1.807) is 8.61 Å². The van der Waals surface area contributed by atoms with Gasteiger partial charge in [-0.05, 0) is 44.4 Å². The van der Waals surface area contributed by atoms with Crippen molar-refractivity contribution in [2.24, 2.45) is 5.92 Å². The summed E-state index contributed by atoms with van der Waals surface area (Å²) in [5.41, 5.74) is -0.219. The van der Waals surface area contributed by atoms with Crippen molar-refractivity contribution in [1.29, 1.82) is 0 Å². The number of nitrogens with zero attached hydrogens (tertiary/aromatic N) is 4. The van der Waals surface area contributed by atoms with Crippen molar-refractivity contribution >= 4 is 10.2 Å². The third-order valence-corrected chi connectivity index (χ3v) is 8.77. The lowest BCUT2D eigenvalue weighted by Gasteiger charge is -2.46. The first-order chi connectivity index (χ1) is 14.0. The van der Waals surface area contributed by atoms with Gasteiger partial charge in [0.25, 0.3) is 10.2 Å². The Bertz CT molecular complexity index is 810. The third kappa shape index (κ3) is 4.23. The molecule has 4 heterocycles. The molecule has 1 aromatic heterocycles. The number of morpholine rings is 1. The topological polar surface area (TPSA) is 98.0 Å². The van der Waals surface area contributed by atoms with Crippen molar-refractivity contribution in [3.63, 3.8) is 0 Å². The molecule has 0 bridgehead atoms. The quantitative estimate of drug-likeness (QED) is 0.700. The normalized spacial score (nSPS) is 29.3. The van der Waals surface area contributed by atoms with Gasteiger partial charge in [-0.25, -0.2) is 0 Å². The SMILES string of the molecule is O=S(=O)(N1CCOCC1)N1CCC2(CC1)CC(Cc1noc(C3CC3)n1)CCO2. The molecule has 0 amide bonds. The van der Waals surface area contributed by atoms with Gasteiger partial charge in [-0.15, -0.1) is 0 Å². The third-order valence-electron chi connectivity index (χ3n) is 6.73. The van der Waals surface area contributed by atoms with Crippen LogP contribution >= 0.6 is 0 Å². The maximum Gasteiger partial charge on any atom is 0.282 e. The second-order valence-electron chi connectivity index (χ2n) is 8.84. The van der Waals surface area contributed by atoms with E-state index in [9.17, 15) is 8.42 Å². The average Bonchev–Trinajstić information content (AvgIpc) is 3.49. The monoisotopic (exact) mass is 426 g/mol. The van der Waals surface area contributed by atoms with E-state index >= 15 is 0 Å². The number of piperidine rings is 1. The van der Waals surface area contributed by atoms with E-state index in [1.165, 1.54) is 0 Å². The van der Waals surface area contributed by atoms with Gasteiger partial charge in [0, 0.05) is 45.1 Å². The van der Waals surface area contributed by atoms with E-state index < -0.39 is 10.2 Å². The van der Waals surface area contributed by atoms with E-state index in [0.29, 0.717) is 57.8 Å². The van der Waals surface area contributed by atoms with Gasteiger partial charge in [-0.1, -0.05) is 5.16 Å². The maximum atomic E-state index is 12.9. The van der Waals surface area contributed by atoms with Crippen LogP contribution in [-0.4, -0.2) is 78.8 Å². The lowest BCUT2D eigenvalue weighted by Crippen LogP contribution is -2.55. The molecule has 3 aliphatic heterocycles. The molecular formula is C19H30N4O5S. The molecule has 4 aliphatic rings. The highest BCUT2D eigenvalue weighted by atomic mass is 32.2. The summed E-state index contributed by atoms with van der Waals surface area (Å²) < 4.78 is 45.9. The number of aromatic nitrogens is 2. The molecule has 1 atom stereocenters. The zero-order valence-corrected chi connectivity index (χ0v) is 17.6. The van der Waals surface area contributed by atoms with Crippen LogP contribution in [0.5, 0.6) is 0 Å². The zero-order valence-electron chi connectivity index (χ0n) is 16.8. The lowest BCUT2D eigenvalue weighted by atomic mass is 9.78. The summed E-state index contributed by atoms with van der Waals surface area (Å²) in [6.45, 7) is 3.57. The minimum absolute atomic E-state index is 0.219. The van der Waals surface area contributed by atoms with Crippen LogP contribution in [0.15, 0.2) is 4.52 Å². The summed E-state index contributed by atoms with van der Waals surface area (Å²) in [7, 11) is -3.40. The molecule has 4 fully saturated rings. The predicted octanol–water partition coefficient (Wildman–Crippen LogP) is 1.33. The minimum atomic E-state index is -3.40. The van der Waals surface area contributed by atoms with E-state index in [1.807, 2.05) is 0 Å². The highest BCUT2D eigenvalue weighted by Gasteiger charge is 2.44. The number of rotatable bonds is 5. The fourth-order valence-electron chi connectivity index (χ4n) is 4.82. The zero-order chi connectivity index (χ0) is 19.9. The molecule has 0 N–H and O–H groups in total. The summed E-state index contributed by atoms with van der Waals surface area (Å²) in [5, 5.41) is 4.17. The van der Waals surface area contributed by atoms with Crippen LogP contribution < -0.4 is 0 Å². The van der Waals surface area contributed by atoms with Gasteiger partial charge in [0.05, 0.1) is 18.8 Å². The Morgan fingerprint density at radius 2 is 1.72 bits per heavy atom. The summed E-state index contributed by atoms with van der Waals surface area (Å²) >= 11 is 0. The number of hydrogen-bond acceptors (Lipinski definition) is 7. The van der Waals surface area contributed by atoms with Crippen LogP contribution in [0.2, 0.25) is 0 Å². The Kier molecular flexibility index (Phi) is 5.40. The van der Waals surface area contributed by atoms with Crippen LogP contribution in [0, 0.1) is 5.92 Å². The first-order valence-corrected chi connectivity index (χ1v) is 12.2. The average molecular weight is 427 g/mol. The van der Waals surface area contributed by atoms with Crippen molar-refractivity contribution in [2.75, 3.05) is 46.0 Å². The molecular weight excluding hydrogens is 396 g/mol. The standard InChI is InChI=1S/C19H30N4O5S/c24-29(25,23-8-11-26-12-9-23)22-6-4-19(5-7-22)14-15(3-10-27-19)13-17-20-18(28-21-17)16-1-2-16/h15-16H,1-14H2. The summed E-state index contributed by atoms with van der Waals surface area (Å²) in [5.74, 6) is 2.54. The van der Waals surface area contributed by atoms with Crippen molar-refractivity contribution in [1.82, 2.24) is 18.8 Å². The molecule has 9 nitrogen and oxygen atoms in total. The second-order valence-corrected chi connectivity index (χ2v) is 10.8. The van der Waals surface area contributed by atoms with E-state index in [-0.39, 0.29) is 5.60 Å². The van der Waals surface area contributed by atoms with Crippen LogP contribution in [0.4, 0.5) is 0 Å². The number of ether oxygens (including phenoxy) is 2. The molecule has 3 saturated heterocycles. The molecule has 1 spiro atoms. The lowest BCUT2D eigenvalue weighted by molar-refractivity contribution is -0.121. The van der Waals surface area contributed by atoms with Crippen LogP contribution in [-0.2, 0) is 26.1 Å². The molecule has 162 valence electrons. The van der Waals surface area contributed by atoms with Crippen LogP contribution in [0.25, 0.3) is 0 Å². The molecule has 0 radical (unpaired) electrons. The second kappa shape index (κ2) is 7.88. The Morgan fingerprint density at radius 1 is 1.00 bits per heavy atom. The van der Waals surface area contributed by atoms with Gasteiger partial charge in [0.1, 0.15) is 0 Å². The molecule has 0 aromatic carbocycles. The molecule has 1 aromatic rings. The van der Waals surface area contributed by atoms with Crippen molar-refractivity contribution in [3.05, 3.63) is 11.7 Å². The summed E-state index contributed by atoms with van der Waals surface area (Å²) in [6, 6.07) is 0. The molecule has 5 rings (SSSR count). The van der Waals surface area contributed by atoms with E-state index in [4.69, 9.17) is 14.0 Å². The smallest absolute Gasteiger partial charge is 0.282 e. The Labute approximate surface area is 171 Å². The largest absolute Gasteiger partial charge is 0.379 e. The Hall–Kier alpha value is -1.07. The van der Waals surface area contributed by atoms with E-state index in [0.717, 1.165) is 56.7 Å². The van der Waals surface area contributed by atoms with Gasteiger partial charge in [0.15, 0.2) is 5.82 Å². The van der Waals surface area contributed by atoms with Gasteiger partial charge in [-0.2, -0.15) is 22.0 Å². The fraction of sp³-hybridized carbons (Fsp3) is 0.895. The van der Waals surface area contributed by atoms with Gasteiger partial charge >= 0.3 is 0 Å². The van der Waals surface area contributed by atoms with Gasteiger partial charge in [0.2, 0.25) is 5.89 Å². The first kappa shape index (κ1) is 19.9. The number of hydrogen-bond donors (Lipinski definition) is 0. The molecule has 1 saturated carbocycles. The molecule has 1 unspecified atom stereocenters. The van der Waals surface area contributed by atoms with Crippen LogP contribution in [0.1, 0.15) is 56.2 Å². The first-order valence-electron chi connectivity index (χ1n) is 10.8. The maximum absolute atomic E-state index is 12.9. The van der Waals surface area contributed by atoms with Gasteiger partial charge in [-0.3, -0.25) is 0 Å². The van der Waals surface area contributed by atoms with E-state index in [2.05, 4.69) is 10.1 Å². The Balaban J connectivity index is 1.18. The fourth-order valence-corrected chi connectivity index (χ4v) is 6.40.